The quantitative estimate of drug-likeness (QED) is 0.424. The minimum atomic E-state index is -0.516. The number of hydrogen-bond donors (Lipinski definition) is 1. The van der Waals surface area contributed by atoms with Gasteiger partial charge in [0, 0.05) is 0 Å². The van der Waals surface area contributed by atoms with Crippen molar-refractivity contribution < 1.29 is 19.0 Å². The molecule has 0 bridgehead atoms. The maximum atomic E-state index is 11.6. The number of hydrogen-bond acceptors (Lipinski definition) is 5. The smallest absolute Gasteiger partial charge is 0.325 e. The number of esters is 1. The molecule has 0 fully saturated rings. The maximum Gasteiger partial charge on any atom is 0.325 e. The van der Waals surface area contributed by atoms with Gasteiger partial charge in [-0.1, -0.05) is 30.3 Å². The number of benzene rings is 1. The summed E-state index contributed by atoms with van der Waals surface area (Å²) < 4.78 is 15.6. The van der Waals surface area contributed by atoms with Gasteiger partial charge in [0.05, 0.1) is 33.2 Å². The average Bonchev–Trinajstić information content (AvgIpc) is 2.46. The Hall–Kier alpha value is -1.43. The van der Waals surface area contributed by atoms with Crippen LogP contribution in [0, 0.1) is 0 Å². The van der Waals surface area contributed by atoms with Gasteiger partial charge in [0.25, 0.3) is 0 Å². The van der Waals surface area contributed by atoms with E-state index in [2.05, 4.69) is 5.32 Å². The minimum absolute atomic E-state index is 0.0641. The molecule has 1 aromatic carbocycles. The topological polar surface area (TPSA) is 56.8 Å². The molecule has 0 saturated heterocycles. The van der Waals surface area contributed by atoms with Crippen LogP contribution < -0.4 is 5.32 Å². The van der Waals surface area contributed by atoms with Crippen LogP contribution in [0.25, 0.3) is 0 Å². The van der Waals surface area contributed by atoms with Gasteiger partial charge in [-0.3, -0.25) is 10.1 Å². The predicted octanol–water partition coefficient (Wildman–Crippen LogP) is 1.72. The van der Waals surface area contributed by atoms with Gasteiger partial charge < -0.3 is 14.2 Å². The third kappa shape index (κ3) is 6.65. The Kier molecular flexibility index (Phi) is 7.87. The van der Waals surface area contributed by atoms with Crippen molar-refractivity contribution in [2.24, 2.45) is 0 Å². The fraction of sp³-hybridized carbons (Fsp3) is 0.533. The second-order valence-corrected chi connectivity index (χ2v) is 4.64. The van der Waals surface area contributed by atoms with E-state index >= 15 is 0 Å². The van der Waals surface area contributed by atoms with Gasteiger partial charge in [-0.15, -0.1) is 0 Å². The summed E-state index contributed by atoms with van der Waals surface area (Å²) in [6, 6.07) is 9.33. The SMILES string of the molecule is COC(=O)C(COC(C)C)NCOCc1ccccc1. The Morgan fingerprint density at radius 2 is 1.95 bits per heavy atom. The molecule has 1 unspecified atom stereocenters. The van der Waals surface area contributed by atoms with E-state index in [-0.39, 0.29) is 25.4 Å². The molecule has 1 aromatic rings. The third-order valence-corrected chi connectivity index (χ3v) is 2.63. The van der Waals surface area contributed by atoms with Crippen LogP contribution in [-0.4, -0.2) is 38.6 Å². The lowest BCUT2D eigenvalue weighted by molar-refractivity contribution is -0.146. The highest BCUT2D eigenvalue weighted by atomic mass is 16.5. The van der Waals surface area contributed by atoms with E-state index in [0.717, 1.165) is 5.56 Å². The van der Waals surface area contributed by atoms with Crippen LogP contribution in [0.2, 0.25) is 0 Å². The molecule has 0 radical (unpaired) electrons. The van der Waals surface area contributed by atoms with Gasteiger partial charge >= 0.3 is 5.97 Å². The molecule has 112 valence electrons. The summed E-state index contributed by atoms with van der Waals surface area (Å²) >= 11 is 0. The van der Waals surface area contributed by atoms with E-state index in [1.165, 1.54) is 7.11 Å². The normalized spacial score (nSPS) is 12.4. The van der Waals surface area contributed by atoms with Crippen molar-refractivity contribution in [2.75, 3.05) is 20.4 Å². The summed E-state index contributed by atoms with van der Waals surface area (Å²) in [5.41, 5.74) is 1.09. The first-order valence-electron chi connectivity index (χ1n) is 6.68. The Labute approximate surface area is 120 Å². The lowest BCUT2D eigenvalue weighted by Crippen LogP contribution is -2.43. The molecule has 0 aliphatic rings. The predicted molar refractivity (Wildman–Crippen MR) is 76.1 cm³/mol. The van der Waals surface area contributed by atoms with Crippen molar-refractivity contribution in [1.29, 1.82) is 0 Å². The molecule has 1 atom stereocenters. The Balaban J connectivity index is 2.29. The third-order valence-electron chi connectivity index (χ3n) is 2.63. The molecule has 0 aromatic heterocycles. The largest absolute Gasteiger partial charge is 0.468 e. The molecule has 0 spiro atoms. The number of carbonyl (C=O) groups excluding carboxylic acids is 1. The number of nitrogens with one attached hydrogen (secondary N) is 1. The van der Waals surface area contributed by atoms with Crippen molar-refractivity contribution in [3.63, 3.8) is 0 Å². The van der Waals surface area contributed by atoms with Crippen LogP contribution in [0.1, 0.15) is 19.4 Å². The van der Waals surface area contributed by atoms with Crippen molar-refractivity contribution in [3.05, 3.63) is 35.9 Å². The molecule has 1 N–H and O–H groups in total. The summed E-state index contributed by atoms with van der Waals surface area (Å²) in [6.45, 7) is 4.85. The average molecular weight is 281 g/mol. The highest BCUT2D eigenvalue weighted by Crippen LogP contribution is 2.00. The number of carbonyl (C=O) groups is 1. The van der Waals surface area contributed by atoms with Crippen molar-refractivity contribution in [1.82, 2.24) is 5.32 Å². The van der Waals surface area contributed by atoms with Gasteiger partial charge in [0.15, 0.2) is 0 Å². The molecule has 5 heteroatoms. The molecular weight excluding hydrogens is 258 g/mol. The van der Waals surface area contributed by atoms with Crippen LogP contribution in [0.4, 0.5) is 0 Å². The molecule has 0 amide bonds. The molecule has 0 aliphatic carbocycles. The van der Waals surface area contributed by atoms with Crippen LogP contribution in [0.15, 0.2) is 30.3 Å². The van der Waals surface area contributed by atoms with Gasteiger partial charge in [-0.05, 0) is 19.4 Å². The fourth-order valence-corrected chi connectivity index (χ4v) is 1.54. The van der Waals surface area contributed by atoms with Crippen LogP contribution in [0.5, 0.6) is 0 Å². The van der Waals surface area contributed by atoms with Crippen molar-refractivity contribution in [3.8, 4) is 0 Å². The van der Waals surface area contributed by atoms with E-state index in [4.69, 9.17) is 14.2 Å². The highest BCUT2D eigenvalue weighted by molar-refractivity contribution is 5.75. The Bertz CT molecular complexity index is 381. The van der Waals surface area contributed by atoms with Crippen LogP contribution in [-0.2, 0) is 25.6 Å². The first kappa shape index (κ1) is 16.6. The second-order valence-electron chi connectivity index (χ2n) is 4.64. The molecule has 5 nitrogen and oxygen atoms in total. The number of methoxy groups -OCH3 is 1. The molecule has 1 rings (SSSR count). The second kappa shape index (κ2) is 9.47. The lowest BCUT2D eigenvalue weighted by atomic mass is 10.2. The molecule has 0 aliphatic heterocycles. The summed E-state index contributed by atoms with van der Waals surface area (Å²) in [4.78, 5) is 11.6. The standard InChI is InChI=1S/C15H23NO4/c1-12(2)20-10-14(15(17)18-3)16-11-19-9-13-7-5-4-6-8-13/h4-8,12,14,16H,9-11H2,1-3H3. The highest BCUT2D eigenvalue weighted by Gasteiger charge is 2.19. The Morgan fingerprint density at radius 3 is 2.55 bits per heavy atom. The number of ether oxygens (including phenoxy) is 3. The van der Waals surface area contributed by atoms with Gasteiger partial charge in [0.1, 0.15) is 6.04 Å². The minimum Gasteiger partial charge on any atom is -0.468 e. The van der Waals surface area contributed by atoms with E-state index < -0.39 is 6.04 Å². The van der Waals surface area contributed by atoms with E-state index in [0.29, 0.717) is 6.61 Å². The van der Waals surface area contributed by atoms with E-state index in [1.54, 1.807) is 0 Å². The summed E-state index contributed by atoms with van der Waals surface area (Å²) in [5, 5.41) is 2.97. The summed E-state index contributed by atoms with van der Waals surface area (Å²) in [7, 11) is 1.36. The van der Waals surface area contributed by atoms with Crippen LogP contribution >= 0.6 is 0 Å². The molecule has 20 heavy (non-hydrogen) atoms. The first-order chi connectivity index (χ1) is 9.63. The van der Waals surface area contributed by atoms with Crippen LogP contribution in [0.3, 0.4) is 0 Å². The Morgan fingerprint density at radius 1 is 1.25 bits per heavy atom. The van der Waals surface area contributed by atoms with Crippen molar-refractivity contribution >= 4 is 5.97 Å². The maximum absolute atomic E-state index is 11.6. The monoisotopic (exact) mass is 281 g/mol. The van der Waals surface area contributed by atoms with Gasteiger partial charge in [-0.25, -0.2) is 0 Å². The fourth-order valence-electron chi connectivity index (χ4n) is 1.54. The first-order valence-corrected chi connectivity index (χ1v) is 6.68. The zero-order valence-electron chi connectivity index (χ0n) is 12.3. The van der Waals surface area contributed by atoms with E-state index in [1.807, 2.05) is 44.2 Å². The van der Waals surface area contributed by atoms with Gasteiger partial charge in [-0.2, -0.15) is 0 Å². The molecule has 0 heterocycles. The number of rotatable bonds is 9. The summed E-state index contributed by atoms with van der Waals surface area (Å²) in [6.07, 6.45) is 0.0641. The molecular formula is C15H23NO4. The van der Waals surface area contributed by atoms with Crippen molar-refractivity contribution in [2.45, 2.75) is 32.6 Å². The summed E-state index contributed by atoms with van der Waals surface area (Å²) in [5.74, 6) is -0.353. The lowest BCUT2D eigenvalue weighted by Gasteiger charge is -2.18. The van der Waals surface area contributed by atoms with E-state index in [9.17, 15) is 4.79 Å². The molecule has 0 saturated carbocycles. The zero-order valence-corrected chi connectivity index (χ0v) is 12.3. The van der Waals surface area contributed by atoms with Gasteiger partial charge in [0.2, 0.25) is 0 Å². The zero-order chi connectivity index (χ0) is 14.8.